The predicted octanol–water partition coefficient (Wildman–Crippen LogP) is 2.55. The Bertz CT molecular complexity index is 923. The molecule has 7 heteroatoms. The van der Waals surface area contributed by atoms with E-state index in [4.69, 9.17) is 4.74 Å². The van der Waals surface area contributed by atoms with Crippen LogP contribution in [0.1, 0.15) is 30.1 Å². The van der Waals surface area contributed by atoms with Gasteiger partial charge < -0.3 is 15.4 Å². The summed E-state index contributed by atoms with van der Waals surface area (Å²) in [4.78, 5) is 16.4. The van der Waals surface area contributed by atoms with E-state index in [1.807, 2.05) is 59.3 Å². The number of nitrogens with zero attached hydrogens (tertiary/aromatic N) is 3. The topological polar surface area (TPSA) is 81.1 Å². The summed E-state index contributed by atoms with van der Waals surface area (Å²) >= 11 is 0. The Morgan fingerprint density at radius 3 is 2.52 bits per heavy atom. The molecule has 1 aliphatic heterocycles. The van der Waals surface area contributed by atoms with Gasteiger partial charge in [-0.05, 0) is 23.3 Å². The van der Waals surface area contributed by atoms with Gasteiger partial charge in [0.2, 0.25) is 11.9 Å². The van der Waals surface area contributed by atoms with Crippen LogP contribution in [0.5, 0.6) is 5.75 Å². The molecule has 138 valence electrons. The summed E-state index contributed by atoms with van der Waals surface area (Å²) in [5.74, 6) is 1.37. The fraction of sp³-hybridized carbons (Fsp3) is 0.250. The molecular weight excluding hydrogens is 342 g/mol. The van der Waals surface area contributed by atoms with Gasteiger partial charge in [-0.25, -0.2) is 4.68 Å². The number of amides is 1. The summed E-state index contributed by atoms with van der Waals surface area (Å²) in [6, 6.07) is 17.3. The van der Waals surface area contributed by atoms with Gasteiger partial charge >= 0.3 is 0 Å². The quantitative estimate of drug-likeness (QED) is 0.745. The summed E-state index contributed by atoms with van der Waals surface area (Å²) in [6.45, 7) is 1.53. The summed E-state index contributed by atoms with van der Waals surface area (Å²) < 4.78 is 7.09. The minimum Gasteiger partial charge on any atom is -0.497 e. The average molecular weight is 363 g/mol. The second-order valence-electron chi connectivity index (χ2n) is 6.51. The molecule has 0 radical (unpaired) electrons. The number of carbonyl (C=O) groups excluding carboxylic acids is 1. The molecule has 3 atom stereocenters. The molecule has 2 heterocycles. The number of hydrogen-bond donors (Lipinski definition) is 2. The molecular formula is C20H21N5O2. The SMILES string of the molecule is COc1ccc([C@@H]2Nc3ncnn3[C@@H](c3ccccc3)[C@@H]2NC(C)=O)cc1. The van der Waals surface area contributed by atoms with Crippen LogP contribution >= 0.6 is 0 Å². The highest BCUT2D eigenvalue weighted by Gasteiger charge is 2.40. The lowest BCUT2D eigenvalue weighted by molar-refractivity contribution is -0.120. The van der Waals surface area contributed by atoms with Crippen LogP contribution in [-0.2, 0) is 4.79 Å². The Morgan fingerprint density at radius 2 is 1.85 bits per heavy atom. The number of benzene rings is 2. The van der Waals surface area contributed by atoms with Crippen molar-refractivity contribution >= 4 is 11.9 Å². The summed E-state index contributed by atoms with van der Waals surface area (Å²) in [7, 11) is 1.64. The summed E-state index contributed by atoms with van der Waals surface area (Å²) in [6.07, 6.45) is 1.53. The molecule has 0 saturated heterocycles. The molecule has 4 rings (SSSR count). The molecule has 7 nitrogen and oxygen atoms in total. The average Bonchev–Trinajstić information content (AvgIpc) is 3.16. The van der Waals surface area contributed by atoms with Gasteiger partial charge in [0.25, 0.3) is 0 Å². The van der Waals surface area contributed by atoms with Crippen LogP contribution < -0.4 is 15.4 Å². The van der Waals surface area contributed by atoms with E-state index in [9.17, 15) is 4.79 Å². The molecule has 1 amide bonds. The first kappa shape index (κ1) is 17.1. The summed E-state index contributed by atoms with van der Waals surface area (Å²) in [5, 5.41) is 10.9. The normalized spacial score (nSPS) is 21.0. The standard InChI is InChI=1S/C20H21N5O2/c1-13(26)23-18-17(14-8-10-16(27-2)11-9-14)24-20-21-12-22-25(20)19(18)15-6-4-3-5-7-15/h3-12,17-19H,1-2H3,(H,23,26)(H,21,22,24)/t17-,18+,19-/m0/s1. The van der Waals surface area contributed by atoms with Gasteiger partial charge in [0, 0.05) is 6.92 Å². The lowest BCUT2D eigenvalue weighted by Gasteiger charge is -2.40. The van der Waals surface area contributed by atoms with Crippen molar-refractivity contribution in [3.8, 4) is 5.75 Å². The number of carbonyl (C=O) groups is 1. The van der Waals surface area contributed by atoms with Gasteiger partial charge in [-0.1, -0.05) is 42.5 Å². The first-order valence-electron chi connectivity index (χ1n) is 8.79. The first-order chi connectivity index (χ1) is 13.2. The van der Waals surface area contributed by atoms with Crippen molar-refractivity contribution in [2.24, 2.45) is 0 Å². The van der Waals surface area contributed by atoms with Gasteiger partial charge in [-0.15, -0.1) is 0 Å². The second kappa shape index (κ2) is 7.11. The number of anilines is 1. The van der Waals surface area contributed by atoms with Crippen molar-refractivity contribution in [1.29, 1.82) is 0 Å². The van der Waals surface area contributed by atoms with Crippen molar-refractivity contribution in [3.63, 3.8) is 0 Å². The van der Waals surface area contributed by atoms with Crippen LogP contribution in [0.3, 0.4) is 0 Å². The molecule has 1 aliphatic rings. The Morgan fingerprint density at radius 1 is 1.11 bits per heavy atom. The fourth-order valence-electron chi connectivity index (χ4n) is 3.62. The molecule has 2 aromatic carbocycles. The lowest BCUT2D eigenvalue weighted by Crippen LogP contribution is -2.50. The Kier molecular flexibility index (Phi) is 4.50. The highest BCUT2D eigenvalue weighted by molar-refractivity contribution is 5.73. The van der Waals surface area contributed by atoms with E-state index in [-0.39, 0.29) is 24.0 Å². The first-order valence-corrected chi connectivity index (χ1v) is 8.79. The second-order valence-corrected chi connectivity index (χ2v) is 6.51. The molecule has 0 fully saturated rings. The minimum absolute atomic E-state index is 0.0928. The molecule has 2 N–H and O–H groups in total. The maximum Gasteiger partial charge on any atom is 0.222 e. The zero-order valence-electron chi connectivity index (χ0n) is 15.2. The monoisotopic (exact) mass is 363 g/mol. The van der Waals surface area contributed by atoms with E-state index in [2.05, 4.69) is 20.7 Å². The Labute approximate surface area is 157 Å². The van der Waals surface area contributed by atoms with E-state index >= 15 is 0 Å². The largest absolute Gasteiger partial charge is 0.497 e. The van der Waals surface area contributed by atoms with E-state index in [1.54, 1.807) is 7.11 Å². The van der Waals surface area contributed by atoms with Gasteiger partial charge in [-0.2, -0.15) is 10.1 Å². The van der Waals surface area contributed by atoms with Crippen molar-refractivity contribution in [2.45, 2.75) is 25.0 Å². The molecule has 0 saturated carbocycles. The van der Waals surface area contributed by atoms with Gasteiger partial charge in [0.1, 0.15) is 18.1 Å². The van der Waals surface area contributed by atoms with E-state index in [0.29, 0.717) is 5.95 Å². The summed E-state index contributed by atoms with van der Waals surface area (Å²) in [5.41, 5.74) is 2.09. The smallest absolute Gasteiger partial charge is 0.222 e. The molecule has 0 aliphatic carbocycles. The maximum atomic E-state index is 12.0. The number of nitrogens with one attached hydrogen (secondary N) is 2. The third kappa shape index (κ3) is 3.23. The predicted molar refractivity (Wildman–Crippen MR) is 102 cm³/mol. The van der Waals surface area contributed by atoms with E-state index < -0.39 is 0 Å². The van der Waals surface area contributed by atoms with Gasteiger partial charge in [0.05, 0.1) is 19.2 Å². The van der Waals surface area contributed by atoms with Crippen LogP contribution in [-0.4, -0.2) is 33.8 Å². The number of aromatic nitrogens is 3. The molecule has 27 heavy (non-hydrogen) atoms. The van der Waals surface area contributed by atoms with Crippen LogP contribution in [0.15, 0.2) is 60.9 Å². The molecule has 3 aromatic rings. The van der Waals surface area contributed by atoms with Crippen LogP contribution in [0.4, 0.5) is 5.95 Å². The van der Waals surface area contributed by atoms with Crippen molar-refractivity contribution in [1.82, 2.24) is 20.1 Å². The molecule has 1 aromatic heterocycles. The third-order valence-corrected chi connectivity index (χ3v) is 4.81. The van der Waals surface area contributed by atoms with Crippen LogP contribution in [0.2, 0.25) is 0 Å². The lowest BCUT2D eigenvalue weighted by atomic mass is 9.88. The van der Waals surface area contributed by atoms with Crippen LogP contribution in [0, 0.1) is 0 Å². The number of ether oxygens (including phenoxy) is 1. The Hall–Kier alpha value is -3.35. The highest BCUT2D eigenvalue weighted by Crippen LogP contribution is 2.38. The van der Waals surface area contributed by atoms with Crippen molar-refractivity contribution < 1.29 is 9.53 Å². The fourth-order valence-corrected chi connectivity index (χ4v) is 3.62. The molecule has 0 unspecified atom stereocenters. The molecule has 0 bridgehead atoms. The van der Waals surface area contributed by atoms with E-state index in [1.165, 1.54) is 13.3 Å². The number of hydrogen-bond acceptors (Lipinski definition) is 5. The van der Waals surface area contributed by atoms with Gasteiger partial charge in [-0.3, -0.25) is 4.79 Å². The third-order valence-electron chi connectivity index (χ3n) is 4.81. The number of methoxy groups -OCH3 is 1. The Balaban J connectivity index is 1.82. The number of rotatable bonds is 4. The van der Waals surface area contributed by atoms with Crippen molar-refractivity contribution in [3.05, 3.63) is 72.1 Å². The van der Waals surface area contributed by atoms with Gasteiger partial charge in [0.15, 0.2) is 0 Å². The maximum absolute atomic E-state index is 12.0. The highest BCUT2D eigenvalue weighted by atomic mass is 16.5. The molecule has 0 spiro atoms. The zero-order chi connectivity index (χ0) is 18.8. The van der Waals surface area contributed by atoms with Crippen molar-refractivity contribution in [2.75, 3.05) is 12.4 Å². The number of fused-ring (bicyclic) bond motifs is 1. The van der Waals surface area contributed by atoms with Crippen LogP contribution in [0.25, 0.3) is 0 Å². The van der Waals surface area contributed by atoms with E-state index in [0.717, 1.165) is 16.9 Å². The minimum atomic E-state index is -0.243. The zero-order valence-corrected chi connectivity index (χ0v) is 15.2.